The van der Waals surface area contributed by atoms with Gasteiger partial charge in [0, 0.05) is 36.0 Å². The van der Waals surface area contributed by atoms with Crippen molar-refractivity contribution in [3.8, 4) is 0 Å². The summed E-state index contributed by atoms with van der Waals surface area (Å²) >= 11 is 1.74. The molecule has 7 heteroatoms. The topological polar surface area (TPSA) is 61.4 Å². The van der Waals surface area contributed by atoms with Crippen LogP contribution in [0.15, 0.2) is 6.33 Å². The van der Waals surface area contributed by atoms with Crippen LogP contribution in [-0.2, 0) is 4.79 Å². The van der Waals surface area contributed by atoms with Gasteiger partial charge in [0.05, 0.1) is 5.39 Å². The molecule has 2 aromatic rings. The Morgan fingerprint density at radius 2 is 1.83 bits per heavy atom. The van der Waals surface area contributed by atoms with Crippen LogP contribution in [0.3, 0.4) is 0 Å². The van der Waals surface area contributed by atoms with Crippen LogP contribution in [0, 0.1) is 19.8 Å². The van der Waals surface area contributed by atoms with E-state index in [1.165, 1.54) is 35.1 Å². The van der Waals surface area contributed by atoms with Gasteiger partial charge in [0.15, 0.2) is 0 Å². The SMILES string of the molecule is Cc1sc2ncnc(N3CCC(C(=O)NCC(C)(C)N4CCCCC4)CC3)c2c1C. The molecule has 0 aromatic carbocycles. The van der Waals surface area contributed by atoms with Crippen LogP contribution in [0.4, 0.5) is 5.82 Å². The van der Waals surface area contributed by atoms with E-state index < -0.39 is 0 Å². The number of nitrogens with one attached hydrogen (secondary N) is 1. The minimum atomic E-state index is 0.0255. The number of anilines is 1. The number of aromatic nitrogens is 2. The molecule has 0 aliphatic carbocycles. The number of amides is 1. The van der Waals surface area contributed by atoms with E-state index in [1.54, 1.807) is 17.7 Å². The lowest BCUT2D eigenvalue weighted by Crippen LogP contribution is -2.54. The molecular weight excluding hydrogens is 394 g/mol. The summed E-state index contributed by atoms with van der Waals surface area (Å²) in [5, 5.41) is 4.45. The molecule has 1 amide bonds. The third-order valence-electron chi connectivity index (χ3n) is 7.02. The highest BCUT2D eigenvalue weighted by molar-refractivity contribution is 7.18. The van der Waals surface area contributed by atoms with Crippen molar-refractivity contribution in [3.05, 3.63) is 16.8 Å². The average molecular weight is 430 g/mol. The van der Waals surface area contributed by atoms with Crippen LogP contribution in [0.25, 0.3) is 10.2 Å². The molecule has 2 aromatic heterocycles. The first kappa shape index (κ1) is 21.5. The van der Waals surface area contributed by atoms with Gasteiger partial charge in [-0.1, -0.05) is 6.42 Å². The van der Waals surface area contributed by atoms with Gasteiger partial charge in [0.1, 0.15) is 17.0 Å². The Morgan fingerprint density at radius 3 is 2.53 bits per heavy atom. The van der Waals surface area contributed by atoms with Crippen molar-refractivity contribution in [2.45, 2.75) is 65.3 Å². The predicted molar refractivity (Wildman–Crippen MR) is 124 cm³/mol. The number of thiophene rings is 1. The first-order valence-corrected chi connectivity index (χ1v) is 12.2. The standard InChI is InChI=1S/C23H35N5OS/c1-16-17(2)30-22-19(16)20(25-15-26-22)27-12-8-18(9-13-27)21(29)24-14-23(3,4)28-10-6-5-7-11-28/h15,18H,5-14H2,1-4H3,(H,24,29). The normalized spacial score (nSPS) is 19.4. The first-order chi connectivity index (χ1) is 14.4. The van der Waals surface area contributed by atoms with E-state index >= 15 is 0 Å². The smallest absolute Gasteiger partial charge is 0.223 e. The fourth-order valence-electron chi connectivity index (χ4n) is 4.82. The molecule has 2 aliphatic rings. The van der Waals surface area contributed by atoms with E-state index in [0.29, 0.717) is 0 Å². The average Bonchev–Trinajstić information content (AvgIpc) is 3.06. The zero-order valence-electron chi connectivity index (χ0n) is 18.8. The summed E-state index contributed by atoms with van der Waals surface area (Å²) in [5.74, 6) is 1.35. The monoisotopic (exact) mass is 429 g/mol. The van der Waals surface area contributed by atoms with Gasteiger partial charge < -0.3 is 10.2 Å². The van der Waals surface area contributed by atoms with Crippen molar-refractivity contribution in [1.29, 1.82) is 0 Å². The summed E-state index contributed by atoms with van der Waals surface area (Å²) in [6.45, 7) is 13.6. The maximum absolute atomic E-state index is 12.9. The summed E-state index contributed by atoms with van der Waals surface area (Å²) < 4.78 is 0. The summed E-state index contributed by atoms with van der Waals surface area (Å²) in [5.41, 5.74) is 1.31. The molecule has 2 saturated heterocycles. The summed E-state index contributed by atoms with van der Waals surface area (Å²) in [7, 11) is 0. The van der Waals surface area contributed by atoms with Crippen molar-refractivity contribution >= 4 is 33.3 Å². The summed E-state index contributed by atoms with van der Waals surface area (Å²) in [4.78, 5) is 29.2. The Labute approximate surface area is 184 Å². The molecule has 4 rings (SSSR count). The number of nitrogens with zero attached hydrogens (tertiary/aromatic N) is 4. The second-order valence-electron chi connectivity index (χ2n) is 9.50. The lowest BCUT2D eigenvalue weighted by molar-refractivity contribution is -0.126. The lowest BCUT2D eigenvalue weighted by Gasteiger charge is -2.41. The van der Waals surface area contributed by atoms with E-state index in [2.05, 4.69) is 52.8 Å². The third kappa shape index (κ3) is 4.33. The molecule has 30 heavy (non-hydrogen) atoms. The van der Waals surface area contributed by atoms with Crippen molar-refractivity contribution in [2.75, 3.05) is 37.6 Å². The minimum Gasteiger partial charge on any atom is -0.356 e. The van der Waals surface area contributed by atoms with Crippen LogP contribution >= 0.6 is 11.3 Å². The first-order valence-electron chi connectivity index (χ1n) is 11.4. The molecule has 2 fully saturated rings. The molecule has 0 unspecified atom stereocenters. The lowest BCUT2D eigenvalue weighted by atomic mass is 9.94. The number of piperidine rings is 2. The van der Waals surface area contributed by atoms with Gasteiger partial charge in [0.25, 0.3) is 0 Å². The zero-order valence-corrected chi connectivity index (χ0v) is 19.6. The van der Waals surface area contributed by atoms with E-state index in [4.69, 9.17) is 0 Å². The Hall–Kier alpha value is -1.73. The number of hydrogen-bond acceptors (Lipinski definition) is 6. The van der Waals surface area contributed by atoms with Crippen molar-refractivity contribution in [3.63, 3.8) is 0 Å². The van der Waals surface area contributed by atoms with Gasteiger partial charge in [-0.05, 0) is 72.0 Å². The second kappa shape index (κ2) is 8.79. The van der Waals surface area contributed by atoms with Crippen LogP contribution in [0.2, 0.25) is 0 Å². The van der Waals surface area contributed by atoms with E-state index in [9.17, 15) is 4.79 Å². The molecule has 1 N–H and O–H groups in total. The molecule has 0 atom stereocenters. The minimum absolute atomic E-state index is 0.0255. The summed E-state index contributed by atoms with van der Waals surface area (Å²) in [6, 6.07) is 0. The van der Waals surface area contributed by atoms with Crippen molar-refractivity contribution in [1.82, 2.24) is 20.2 Å². The van der Waals surface area contributed by atoms with Gasteiger partial charge in [-0.15, -0.1) is 11.3 Å². The number of aryl methyl sites for hydroxylation is 2. The number of likely N-dealkylation sites (tertiary alicyclic amines) is 1. The van der Waals surface area contributed by atoms with E-state index in [-0.39, 0.29) is 17.4 Å². The van der Waals surface area contributed by atoms with E-state index in [1.807, 2.05) is 0 Å². The molecule has 4 heterocycles. The summed E-state index contributed by atoms with van der Waals surface area (Å²) in [6.07, 6.45) is 7.31. The highest BCUT2D eigenvalue weighted by Crippen LogP contribution is 2.35. The fraction of sp³-hybridized carbons (Fsp3) is 0.696. The van der Waals surface area contributed by atoms with Crippen LogP contribution in [0.5, 0.6) is 0 Å². The Morgan fingerprint density at radius 1 is 1.13 bits per heavy atom. The van der Waals surface area contributed by atoms with Crippen molar-refractivity contribution in [2.24, 2.45) is 5.92 Å². The van der Waals surface area contributed by atoms with Crippen LogP contribution < -0.4 is 10.2 Å². The highest BCUT2D eigenvalue weighted by Gasteiger charge is 2.31. The molecule has 2 aliphatic heterocycles. The molecule has 6 nitrogen and oxygen atoms in total. The zero-order chi connectivity index (χ0) is 21.3. The number of hydrogen-bond donors (Lipinski definition) is 1. The quantitative estimate of drug-likeness (QED) is 0.781. The highest BCUT2D eigenvalue weighted by atomic mass is 32.1. The predicted octanol–water partition coefficient (Wildman–Crippen LogP) is 3.91. The molecule has 0 bridgehead atoms. The molecule has 0 radical (unpaired) electrons. The van der Waals surface area contributed by atoms with Gasteiger partial charge in [-0.25, -0.2) is 9.97 Å². The van der Waals surface area contributed by atoms with Gasteiger partial charge >= 0.3 is 0 Å². The third-order valence-corrected chi connectivity index (χ3v) is 8.13. The molecule has 0 saturated carbocycles. The number of fused-ring (bicyclic) bond motifs is 1. The fourth-order valence-corrected chi connectivity index (χ4v) is 5.81. The Balaban J connectivity index is 1.34. The molecule has 0 spiro atoms. The number of carbonyl (C=O) groups excluding carboxylic acids is 1. The van der Waals surface area contributed by atoms with E-state index in [0.717, 1.165) is 56.2 Å². The Kier molecular flexibility index (Phi) is 6.30. The van der Waals surface area contributed by atoms with Gasteiger partial charge in [-0.2, -0.15) is 0 Å². The number of carbonyl (C=O) groups is 1. The van der Waals surface area contributed by atoms with Gasteiger partial charge in [0.2, 0.25) is 5.91 Å². The molecular formula is C23H35N5OS. The maximum Gasteiger partial charge on any atom is 0.223 e. The Bertz CT molecular complexity index is 894. The number of rotatable bonds is 5. The largest absolute Gasteiger partial charge is 0.356 e. The maximum atomic E-state index is 12.9. The van der Waals surface area contributed by atoms with Crippen LogP contribution in [-0.4, -0.2) is 59.0 Å². The van der Waals surface area contributed by atoms with Crippen molar-refractivity contribution < 1.29 is 4.79 Å². The van der Waals surface area contributed by atoms with Gasteiger partial charge in [-0.3, -0.25) is 9.69 Å². The van der Waals surface area contributed by atoms with Crippen LogP contribution in [0.1, 0.15) is 56.4 Å². The second-order valence-corrected chi connectivity index (χ2v) is 10.7. The molecule has 164 valence electrons.